The van der Waals surface area contributed by atoms with Crippen LogP contribution in [0.1, 0.15) is 11.1 Å². The van der Waals surface area contributed by atoms with Crippen LogP contribution in [0.2, 0.25) is 5.02 Å². The molecule has 3 heteroatoms. The molecule has 0 aromatic heterocycles. The Morgan fingerprint density at radius 1 is 1.45 bits per heavy atom. The van der Waals surface area contributed by atoms with Crippen LogP contribution < -0.4 is 0 Å². The van der Waals surface area contributed by atoms with Crippen molar-refractivity contribution in [1.29, 1.82) is 0 Å². The molecule has 0 saturated carbocycles. The van der Waals surface area contributed by atoms with Crippen molar-refractivity contribution in [3.63, 3.8) is 0 Å². The average Bonchev–Trinajstić information content (AvgIpc) is 1.97. The molecule has 1 rings (SSSR count). The van der Waals surface area contributed by atoms with Crippen molar-refractivity contribution < 1.29 is 4.39 Å². The van der Waals surface area contributed by atoms with Gasteiger partial charge in [0.05, 0.1) is 5.02 Å². The first-order chi connectivity index (χ1) is 5.04. The molecule has 0 radical (unpaired) electrons. The molecule has 0 N–H and O–H groups in total. The van der Waals surface area contributed by atoms with Crippen molar-refractivity contribution in [2.24, 2.45) is 0 Å². The molecule has 0 atom stereocenters. The molecule has 0 aliphatic carbocycles. The van der Waals surface area contributed by atoms with Gasteiger partial charge in [-0.3, -0.25) is 0 Å². The number of hydrogen-bond donors (Lipinski definition) is 0. The Morgan fingerprint density at radius 2 is 2.00 bits per heavy atom. The van der Waals surface area contributed by atoms with Crippen molar-refractivity contribution in [3.8, 4) is 0 Å². The molecular formula is C8H7BrClF. The first-order valence-corrected chi connectivity index (χ1v) is 4.32. The molecule has 0 heterocycles. The van der Waals surface area contributed by atoms with Gasteiger partial charge in [-0.1, -0.05) is 11.6 Å². The molecule has 0 spiro atoms. The smallest absolute Gasteiger partial charge is 0.143 e. The quantitative estimate of drug-likeness (QED) is 0.601. The van der Waals surface area contributed by atoms with E-state index in [1.54, 1.807) is 0 Å². The van der Waals surface area contributed by atoms with Crippen LogP contribution in [0.25, 0.3) is 0 Å². The summed E-state index contributed by atoms with van der Waals surface area (Å²) >= 11 is 8.84. The fraction of sp³-hybridized carbons (Fsp3) is 0.250. The van der Waals surface area contributed by atoms with Crippen LogP contribution >= 0.6 is 27.5 Å². The zero-order chi connectivity index (χ0) is 8.59. The maximum absolute atomic E-state index is 12.9. The summed E-state index contributed by atoms with van der Waals surface area (Å²) < 4.78 is 13.5. The van der Waals surface area contributed by atoms with Crippen molar-refractivity contribution in [2.75, 3.05) is 0 Å². The SMILES string of the molecule is Cc1cc(F)c(Cl)c(Br)c1C. The van der Waals surface area contributed by atoms with Crippen LogP contribution in [0, 0.1) is 19.7 Å². The molecule has 1 aromatic rings. The monoisotopic (exact) mass is 236 g/mol. The maximum Gasteiger partial charge on any atom is 0.143 e. The number of hydrogen-bond acceptors (Lipinski definition) is 0. The van der Waals surface area contributed by atoms with Gasteiger partial charge in [0.15, 0.2) is 0 Å². The zero-order valence-electron chi connectivity index (χ0n) is 6.21. The van der Waals surface area contributed by atoms with Crippen molar-refractivity contribution in [1.82, 2.24) is 0 Å². The predicted molar refractivity (Wildman–Crippen MR) is 48.6 cm³/mol. The number of benzene rings is 1. The van der Waals surface area contributed by atoms with E-state index < -0.39 is 0 Å². The third-order valence-electron chi connectivity index (χ3n) is 1.67. The van der Waals surface area contributed by atoms with E-state index in [9.17, 15) is 4.39 Å². The average molecular weight is 237 g/mol. The van der Waals surface area contributed by atoms with E-state index in [0.717, 1.165) is 11.1 Å². The van der Waals surface area contributed by atoms with Gasteiger partial charge in [0.1, 0.15) is 5.82 Å². The van der Waals surface area contributed by atoms with Crippen molar-refractivity contribution in [3.05, 3.63) is 32.5 Å². The van der Waals surface area contributed by atoms with Crippen LogP contribution in [0.5, 0.6) is 0 Å². The highest BCUT2D eigenvalue weighted by Gasteiger charge is 2.08. The summed E-state index contributed by atoms with van der Waals surface area (Å²) in [5.74, 6) is -0.373. The summed E-state index contributed by atoms with van der Waals surface area (Å²) in [4.78, 5) is 0. The summed E-state index contributed by atoms with van der Waals surface area (Å²) in [6, 6.07) is 1.43. The van der Waals surface area contributed by atoms with E-state index in [1.165, 1.54) is 6.07 Å². The molecule has 0 fully saturated rings. The Kier molecular flexibility index (Phi) is 2.55. The van der Waals surface area contributed by atoms with Gasteiger partial charge in [-0.2, -0.15) is 0 Å². The summed E-state index contributed by atoms with van der Waals surface area (Å²) in [6.07, 6.45) is 0. The molecule has 0 unspecified atom stereocenters. The predicted octanol–water partition coefficient (Wildman–Crippen LogP) is 3.86. The second-order valence-corrected chi connectivity index (χ2v) is 3.60. The minimum atomic E-state index is -0.373. The van der Waals surface area contributed by atoms with E-state index in [4.69, 9.17) is 11.6 Å². The fourth-order valence-corrected chi connectivity index (χ4v) is 1.50. The minimum Gasteiger partial charge on any atom is -0.205 e. The maximum atomic E-state index is 12.9. The van der Waals surface area contributed by atoms with E-state index in [1.807, 2.05) is 13.8 Å². The van der Waals surface area contributed by atoms with Gasteiger partial charge in [0.2, 0.25) is 0 Å². The second kappa shape index (κ2) is 3.11. The third-order valence-corrected chi connectivity index (χ3v) is 3.26. The van der Waals surface area contributed by atoms with Gasteiger partial charge in [0, 0.05) is 4.47 Å². The van der Waals surface area contributed by atoms with Crippen LogP contribution in [0.15, 0.2) is 10.5 Å². The third kappa shape index (κ3) is 1.57. The summed E-state index contributed by atoms with van der Waals surface area (Å²) in [5, 5.41) is 0.160. The lowest BCUT2D eigenvalue weighted by molar-refractivity contribution is 0.625. The van der Waals surface area contributed by atoms with Crippen molar-refractivity contribution in [2.45, 2.75) is 13.8 Å². The van der Waals surface area contributed by atoms with Gasteiger partial charge in [0.25, 0.3) is 0 Å². The lowest BCUT2D eigenvalue weighted by Crippen LogP contribution is -1.87. The normalized spacial score (nSPS) is 10.3. The largest absolute Gasteiger partial charge is 0.205 e. The molecular weight excluding hydrogens is 230 g/mol. The second-order valence-electron chi connectivity index (χ2n) is 2.43. The summed E-state index contributed by atoms with van der Waals surface area (Å²) in [5.41, 5.74) is 1.88. The number of halogens is 3. The number of aryl methyl sites for hydroxylation is 1. The Bertz CT molecular complexity index is 270. The Hall–Kier alpha value is -0.0800. The van der Waals surface area contributed by atoms with Crippen LogP contribution in [0.4, 0.5) is 4.39 Å². The molecule has 0 amide bonds. The van der Waals surface area contributed by atoms with E-state index >= 15 is 0 Å². The highest BCUT2D eigenvalue weighted by Crippen LogP contribution is 2.30. The van der Waals surface area contributed by atoms with Gasteiger partial charge >= 0.3 is 0 Å². The summed E-state index contributed by atoms with van der Waals surface area (Å²) in [7, 11) is 0. The van der Waals surface area contributed by atoms with E-state index in [-0.39, 0.29) is 10.8 Å². The highest BCUT2D eigenvalue weighted by molar-refractivity contribution is 9.10. The van der Waals surface area contributed by atoms with E-state index in [2.05, 4.69) is 15.9 Å². The molecule has 0 nitrogen and oxygen atoms in total. The topological polar surface area (TPSA) is 0 Å². The molecule has 1 aromatic carbocycles. The first kappa shape index (κ1) is 9.01. The molecule has 0 saturated heterocycles. The van der Waals surface area contributed by atoms with Gasteiger partial charge in [-0.25, -0.2) is 4.39 Å². The van der Waals surface area contributed by atoms with Crippen LogP contribution in [-0.2, 0) is 0 Å². The lowest BCUT2D eigenvalue weighted by atomic mass is 10.1. The molecule has 0 bridgehead atoms. The fourth-order valence-electron chi connectivity index (χ4n) is 0.804. The van der Waals surface area contributed by atoms with Gasteiger partial charge < -0.3 is 0 Å². The van der Waals surface area contributed by atoms with E-state index in [0.29, 0.717) is 4.47 Å². The number of rotatable bonds is 0. The van der Waals surface area contributed by atoms with Crippen LogP contribution in [0.3, 0.4) is 0 Å². The highest BCUT2D eigenvalue weighted by atomic mass is 79.9. The van der Waals surface area contributed by atoms with Gasteiger partial charge in [-0.05, 0) is 47.0 Å². The van der Waals surface area contributed by atoms with Crippen LogP contribution in [-0.4, -0.2) is 0 Å². The Balaban J connectivity index is 3.46. The lowest BCUT2D eigenvalue weighted by Gasteiger charge is -2.05. The summed E-state index contributed by atoms with van der Waals surface area (Å²) in [6.45, 7) is 3.74. The first-order valence-electron chi connectivity index (χ1n) is 3.14. The Morgan fingerprint density at radius 3 is 2.55 bits per heavy atom. The van der Waals surface area contributed by atoms with Gasteiger partial charge in [-0.15, -0.1) is 0 Å². The molecule has 0 aliphatic rings. The zero-order valence-corrected chi connectivity index (χ0v) is 8.55. The minimum absolute atomic E-state index is 0.160. The molecule has 11 heavy (non-hydrogen) atoms. The Labute approximate surface area is 78.5 Å². The van der Waals surface area contributed by atoms with Crippen molar-refractivity contribution >= 4 is 27.5 Å². The molecule has 60 valence electrons. The molecule has 0 aliphatic heterocycles. The standard InChI is InChI=1S/C8H7BrClF/c1-4-3-6(11)8(10)7(9)5(4)2/h3H,1-2H3.